The summed E-state index contributed by atoms with van der Waals surface area (Å²) >= 11 is 0. The number of aromatic amines is 1. The topological polar surface area (TPSA) is 135 Å². The molecule has 0 spiro atoms. The number of aromatic nitrogens is 2. The van der Waals surface area contributed by atoms with Crippen LogP contribution in [0.2, 0.25) is 0 Å². The number of H-pyrrole nitrogens is 1. The molecule has 0 saturated carbocycles. The van der Waals surface area contributed by atoms with Gasteiger partial charge in [0.1, 0.15) is 5.82 Å². The van der Waals surface area contributed by atoms with Gasteiger partial charge in [-0.3, -0.25) is 19.1 Å². The van der Waals surface area contributed by atoms with Gasteiger partial charge in [0.15, 0.2) is 15.5 Å². The number of hydrogen-bond acceptors (Lipinski definition) is 6. The first-order valence-corrected chi connectivity index (χ1v) is 11.5. The minimum atomic E-state index is -3.41. The van der Waals surface area contributed by atoms with E-state index in [0.717, 1.165) is 6.26 Å². The summed E-state index contributed by atoms with van der Waals surface area (Å²) in [5, 5.41) is 0. The molecule has 0 aliphatic carbocycles. The largest absolute Gasteiger partial charge is 0.383 e. The lowest BCUT2D eigenvalue weighted by molar-refractivity contribution is 0.0983. The van der Waals surface area contributed by atoms with Gasteiger partial charge in [-0.2, -0.15) is 0 Å². The second-order valence-corrected chi connectivity index (χ2v) is 10.1. The van der Waals surface area contributed by atoms with E-state index in [1.807, 2.05) is 27.7 Å². The first kappa shape index (κ1) is 23.4. The Hall–Kier alpha value is -2.88. The maximum atomic E-state index is 13.2. The van der Waals surface area contributed by atoms with E-state index >= 15 is 0 Å². The normalized spacial score (nSPS) is 11.8. The van der Waals surface area contributed by atoms with Crippen LogP contribution in [0.3, 0.4) is 0 Å². The van der Waals surface area contributed by atoms with Gasteiger partial charge in [0, 0.05) is 24.9 Å². The fraction of sp³-hybridized carbons (Fsp3) is 0.450. The second kappa shape index (κ2) is 8.86. The van der Waals surface area contributed by atoms with Crippen molar-refractivity contribution in [3.8, 4) is 0 Å². The van der Waals surface area contributed by atoms with Gasteiger partial charge >= 0.3 is 5.69 Å². The van der Waals surface area contributed by atoms with Gasteiger partial charge in [0.25, 0.3) is 11.5 Å². The lowest BCUT2D eigenvalue weighted by atomic mass is 10.1. The molecular formula is C20H28N4O5S. The van der Waals surface area contributed by atoms with Crippen molar-refractivity contribution in [2.75, 3.05) is 23.4 Å². The van der Waals surface area contributed by atoms with Gasteiger partial charge in [-0.15, -0.1) is 0 Å². The summed E-state index contributed by atoms with van der Waals surface area (Å²) in [6.07, 6.45) is 1.08. The Morgan fingerprint density at radius 2 is 1.67 bits per heavy atom. The predicted octanol–water partition coefficient (Wildman–Crippen LogP) is 1.48. The van der Waals surface area contributed by atoms with Crippen molar-refractivity contribution in [3.63, 3.8) is 0 Å². The fourth-order valence-electron chi connectivity index (χ4n) is 3.03. The average Bonchev–Trinajstić information content (AvgIpc) is 2.62. The van der Waals surface area contributed by atoms with E-state index in [1.165, 1.54) is 33.7 Å². The van der Waals surface area contributed by atoms with E-state index in [4.69, 9.17) is 5.73 Å². The molecule has 1 aromatic carbocycles. The van der Waals surface area contributed by atoms with Crippen LogP contribution in [-0.2, 0) is 16.4 Å². The molecular weight excluding hydrogens is 408 g/mol. The molecule has 1 heterocycles. The number of rotatable bonds is 7. The van der Waals surface area contributed by atoms with Crippen LogP contribution in [0.25, 0.3) is 0 Å². The van der Waals surface area contributed by atoms with Gasteiger partial charge < -0.3 is 10.6 Å². The molecule has 0 atom stereocenters. The van der Waals surface area contributed by atoms with Crippen LogP contribution in [0.5, 0.6) is 0 Å². The first-order chi connectivity index (χ1) is 13.8. The molecule has 2 rings (SSSR count). The summed E-state index contributed by atoms with van der Waals surface area (Å²) < 4.78 is 24.6. The first-order valence-electron chi connectivity index (χ1n) is 9.57. The van der Waals surface area contributed by atoms with E-state index < -0.39 is 27.0 Å². The third-order valence-electron chi connectivity index (χ3n) is 4.35. The summed E-state index contributed by atoms with van der Waals surface area (Å²) in [6.45, 7) is 8.01. The maximum absolute atomic E-state index is 13.2. The number of nitrogens with one attached hydrogen (secondary N) is 1. The van der Waals surface area contributed by atoms with Crippen molar-refractivity contribution in [1.29, 1.82) is 0 Å². The Bertz CT molecular complexity index is 1150. The molecule has 0 radical (unpaired) electrons. The quantitative estimate of drug-likeness (QED) is 0.675. The summed E-state index contributed by atoms with van der Waals surface area (Å²) in [4.78, 5) is 41.7. The maximum Gasteiger partial charge on any atom is 0.330 e. The minimum absolute atomic E-state index is 0.00600. The molecule has 0 fully saturated rings. The smallest absolute Gasteiger partial charge is 0.330 e. The highest BCUT2D eigenvalue weighted by atomic mass is 32.2. The number of nitrogen functional groups attached to an aromatic ring is 1. The molecule has 0 unspecified atom stereocenters. The summed E-state index contributed by atoms with van der Waals surface area (Å²) in [7, 11) is -3.41. The van der Waals surface area contributed by atoms with Crippen molar-refractivity contribution in [3.05, 3.63) is 50.7 Å². The van der Waals surface area contributed by atoms with Gasteiger partial charge in [-0.05, 0) is 36.1 Å². The molecule has 1 amide bonds. The second-order valence-electron chi connectivity index (χ2n) is 8.10. The fourth-order valence-corrected chi connectivity index (χ4v) is 3.66. The molecule has 164 valence electrons. The number of amides is 1. The Kier molecular flexibility index (Phi) is 6.91. The number of nitrogens with zero attached hydrogens (tertiary/aromatic N) is 2. The van der Waals surface area contributed by atoms with E-state index in [9.17, 15) is 22.8 Å². The van der Waals surface area contributed by atoms with Crippen molar-refractivity contribution in [2.24, 2.45) is 11.8 Å². The van der Waals surface area contributed by atoms with Crippen LogP contribution < -0.4 is 21.9 Å². The van der Waals surface area contributed by atoms with E-state index in [1.54, 1.807) is 0 Å². The van der Waals surface area contributed by atoms with E-state index in [2.05, 4.69) is 4.98 Å². The van der Waals surface area contributed by atoms with E-state index in [0.29, 0.717) is 0 Å². The number of carbonyl (C=O) groups is 1. The Morgan fingerprint density at radius 1 is 1.10 bits per heavy atom. The average molecular weight is 437 g/mol. The third-order valence-corrected chi connectivity index (χ3v) is 5.48. The van der Waals surface area contributed by atoms with Crippen LogP contribution in [0.15, 0.2) is 38.8 Å². The molecule has 9 nitrogen and oxygen atoms in total. The lowest BCUT2D eigenvalue weighted by Gasteiger charge is -2.26. The molecule has 30 heavy (non-hydrogen) atoms. The number of sulfone groups is 1. The van der Waals surface area contributed by atoms with E-state index in [-0.39, 0.29) is 46.9 Å². The number of benzene rings is 1. The monoisotopic (exact) mass is 436 g/mol. The van der Waals surface area contributed by atoms with Crippen molar-refractivity contribution < 1.29 is 13.2 Å². The zero-order valence-electron chi connectivity index (χ0n) is 17.8. The predicted molar refractivity (Wildman–Crippen MR) is 117 cm³/mol. The Labute approximate surface area is 175 Å². The number of hydrogen-bond donors (Lipinski definition) is 2. The summed E-state index contributed by atoms with van der Waals surface area (Å²) in [5.41, 5.74) is 4.89. The van der Waals surface area contributed by atoms with Gasteiger partial charge in [0.2, 0.25) is 0 Å². The summed E-state index contributed by atoms with van der Waals surface area (Å²) in [6, 6.07) is 5.45. The third kappa shape index (κ3) is 5.18. The molecule has 10 heteroatoms. The number of anilines is 2. The summed E-state index contributed by atoms with van der Waals surface area (Å²) in [5.74, 6) is -0.523. The molecule has 0 aliphatic rings. The molecule has 1 aromatic heterocycles. The van der Waals surface area contributed by atoms with Gasteiger partial charge in [-0.25, -0.2) is 13.2 Å². The number of carbonyl (C=O) groups excluding carboxylic acids is 1. The molecule has 0 aliphatic heterocycles. The van der Waals surface area contributed by atoms with Crippen LogP contribution in [0.1, 0.15) is 38.1 Å². The SMILES string of the molecule is CC(C)CN(C(=O)c1ccc(S(C)(=O)=O)cc1)c1c(N)n(CC(C)C)c(=O)[nH]c1=O. The van der Waals surface area contributed by atoms with Crippen LogP contribution in [-0.4, -0.2) is 36.7 Å². The standard InChI is InChI=1S/C20H28N4O5S/c1-12(2)10-23(19(26)14-6-8-15(9-7-14)30(5,28)29)16-17(21)24(11-13(3)4)20(27)22-18(16)25/h6-9,12-13H,10-11,21H2,1-5H3,(H,22,25,27). The zero-order chi connectivity index (χ0) is 22.8. The molecule has 0 saturated heterocycles. The highest BCUT2D eigenvalue weighted by molar-refractivity contribution is 7.90. The number of nitrogens with two attached hydrogens (primary N) is 1. The van der Waals surface area contributed by atoms with Crippen LogP contribution >= 0.6 is 0 Å². The lowest BCUT2D eigenvalue weighted by Crippen LogP contribution is -2.43. The van der Waals surface area contributed by atoms with Crippen LogP contribution in [0.4, 0.5) is 11.5 Å². The molecule has 3 N–H and O–H groups in total. The zero-order valence-corrected chi connectivity index (χ0v) is 18.6. The van der Waals surface area contributed by atoms with Crippen molar-refractivity contribution in [2.45, 2.75) is 39.1 Å². The van der Waals surface area contributed by atoms with Crippen molar-refractivity contribution >= 4 is 27.2 Å². The molecule has 0 bridgehead atoms. The Morgan fingerprint density at radius 3 is 2.13 bits per heavy atom. The molecule has 2 aromatic rings. The highest BCUT2D eigenvalue weighted by Gasteiger charge is 2.26. The van der Waals surface area contributed by atoms with Gasteiger partial charge in [-0.1, -0.05) is 27.7 Å². The highest BCUT2D eigenvalue weighted by Crippen LogP contribution is 2.22. The Balaban J connectivity index is 2.62. The minimum Gasteiger partial charge on any atom is -0.383 e. The van der Waals surface area contributed by atoms with Gasteiger partial charge in [0.05, 0.1) is 4.90 Å². The van der Waals surface area contributed by atoms with Crippen molar-refractivity contribution in [1.82, 2.24) is 9.55 Å². The van der Waals surface area contributed by atoms with Crippen LogP contribution in [0, 0.1) is 11.8 Å².